The lowest BCUT2D eigenvalue weighted by molar-refractivity contribution is 0.105. The molecule has 1 unspecified atom stereocenters. The molecule has 4 nitrogen and oxygen atoms in total. The maximum atomic E-state index is 9.44. The molecule has 1 aromatic rings. The zero-order valence-corrected chi connectivity index (χ0v) is 10.9. The van der Waals surface area contributed by atoms with Crippen LogP contribution in [0.25, 0.3) is 0 Å². The number of halogens is 2. The second-order valence-electron chi connectivity index (χ2n) is 3.01. The van der Waals surface area contributed by atoms with Crippen LogP contribution in [0.5, 0.6) is 5.75 Å². The van der Waals surface area contributed by atoms with Crippen molar-refractivity contribution in [1.29, 1.82) is 0 Å². The van der Waals surface area contributed by atoms with Crippen molar-refractivity contribution in [2.45, 2.75) is 6.10 Å². The van der Waals surface area contributed by atoms with Gasteiger partial charge < -0.3 is 20.6 Å². The molecule has 0 saturated carbocycles. The van der Waals surface area contributed by atoms with Gasteiger partial charge in [-0.25, -0.2) is 0 Å². The fourth-order valence-corrected chi connectivity index (χ4v) is 2.15. The summed E-state index contributed by atoms with van der Waals surface area (Å²) >= 11 is 6.38. The third kappa shape index (κ3) is 3.64. The summed E-state index contributed by atoms with van der Waals surface area (Å²) in [6.07, 6.45) is -0.795. The first kappa shape index (κ1) is 12.8. The molecule has 0 aliphatic carbocycles. The van der Waals surface area contributed by atoms with Gasteiger partial charge in [0.1, 0.15) is 5.75 Å². The van der Waals surface area contributed by atoms with Crippen LogP contribution in [0, 0.1) is 0 Å². The number of phenols is 1. The number of aliphatic hydroxyl groups excluding tert-OH is 2. The molecule has 15 heavy (non-hydrogen) atoms. The Morgan fingerprint density at radius 2 is 1.80 bits per heavy atom. The van der Waals surface area contributed by atoms with Gasteiger partial charge >= 0.3 is 0 Å². The number of benzene rings is 1. The van der Waals surface area contributed by atoms with Crippen LogP contribution in [0.4, 0.5) is 5.69 Å². The zero-order chi connectivity index (χ0) is 11.4. The summed E-state index contributed by atoms with van der Waals surface area (Å²) in [5, 5.41) is 30.1. The van der Waals surface area contributed by atoms with Crippen LogP contribution in [0.3, 0.4) is 0 Å². The second kappa shape index (κ2) is 5.69. The van der Waals surface area contributed by atoms with Gasteiger partial charge in [-0.2, -0.15) is 0 Å². The number of hydrogen-bond donors (Lipinski definition) is 4. The van der Waals surface area contributed by atoms with E-state index in [0.717, 1.165) is 5.69 Å². The Kier molecular flexibility index (Phi) is 4.85. The van der Waals surface area contributed by atoms with Crippen LogP contribution in [0.2, 0.25) is 0 Å². The first-order valence-electron chi connectivity index (χ1n) is 4.25. The normalized spacial score (nSPS) is 12.5. The molecule has 1 atom stereocenters. The summed E-state index contributed by atoms with van der Waals surface area (Å²) in [6.45, 7) is -0.0341. The maximum Gasteiger partial charge on any atom is 0.144 e. The van der Waals surface area contributed by atoms with Gasteiger partial charge in [0.25, 0.3) is 0 Å². The third-order valence-electron chi connectivity index (χ3n) is 1.77. The van der Waals surface area contributed by atoms with Crippen LogP contribution < -0.4 is 5.32 Å². The van der Waals surface area contributed by atoms with Crippen LogP contribution >= 0.6 is 31.9 Å². The van der Waals surface area contributed by atoms with Crippen LogP contribution in [-0.2, 0) is 0 Å². The van der Waals surface area contributed by atoms with E-state index in [2.05, 4.69) is 37.2 Å². The minimum Gasteiger partial charge on any atom is -0.506 e. The molecule has 0 spiro atoms. The molecule has 0 fully saturated rings. The maximum absolute atomic E-state index is 9.44. The van der Waals surface area contributed by atoms with Gasteiger partial charge in [0, 0.05) is 12.2 Å². The Bertz CT molecular complexity index is 323. The lowest BCUT2D eigenvalue weighted by Gasteiger charge is -2.11. The monoisotopic (exact) mass is 339 g/mol. The molecule has 6 heteroatoms. The highest BCUT2D eigenvalue weighted by Crippen LogP contribution is 2.35. The molecule has 4 N–H and O–H groups in total. The minimum absolute atomic E-state index is 0.128. The second-order valence-corrected chi connectivity index (χ2v) is 4.71. The van der Waals surface area contributed by atoms with E-state index in [1.54, 1.807) is 12.1 Å². The first-order valence-corrected chi connectivity index (χ1v) is 5.84. The van der Waals surface area contributed by atoms with E-state index in [-0.39, 0.29) is 18.9 Å². The number of aliphatic hydroxyl groups is 2. The van der Waals surface area contributed by atoms with Crippen LogP contribution in [0.1, 0.15) is 0 Å². The van der Waals surface area contributed by atoms with E-state index < -0.39 is 6.10 Å². The summed E-state index contributed by atoms with van der Waals surface area (Å²) in [5.41, 5.74) is 0.735. The van der Waals surface area contributed by atoms with E-state index in [1.165, 1.54) is 0 Å². The summed E-state index contributed by atoms with van der Waals surface area (Å²) in [4.78, 5) is 0. The molecule has 84 valence electrons. The van der Waals surface area contributed by atoms with Crippen LogP contribution in [-0.4, -0.2) is 34.6 Å². The van der Waals surface area contributed by atoms with Crippen molar-refractivity contribution < 1.29 is 15.3 Å². The van der Waals surface area contributed by atoms with Crippen molar-refractivity contribution in [3.63, 3.8) is 0 Å². The topological polar surface area (TPSA) is 72.7 Å². The Morgan fingerprint density at radius 1 is 1.27 bits per heavy atom. The average molecular weight is 341 g/mol. The highest BCUT2D eigenvalue weighted by molar-refractivity contribution is 9.11. The fourth-order valence-electron chi connectivity index (χ4n) is 0.968. The molecule has 0 bridgehead atoms. The predicted octanol–water partition coefficient (Wildman–Crippen LogP) is 1.68. The van der Waals surface area contributed by atoms with Gasteiger partial charge in [-0.15, -0.1) is 0 Å². The van der Waals surface area contributed by atoms with Gasteiger partial charge in [-0.05, 0) is 44.0 Å². The van der Waals surface area contributed by atoms with Gasteiger partial charge in [-0.3, -0.25) is 0 Å². The van der Waals surface area contributed by atoms with Crippen molar-refractivity contribution in [3.8, 4) is 5.75 Å². The number of anilines is 1. The highest BCUT2D eigenvalue weighted by Gasteiger charge is 2.07. The highest BCUT2D eigenvalue weighted by atomic mass is 79.9. The summed E-state index contributed by atoms with van der Waals surface area (Å²) in [7, 11) is 0. The van der Waals surface area contributed by atoms with E-state index >= 15 is 0 Å². The Labute approximate surface area is 104 Å². The molecule has 1 aromatic carbocycles. The minimum atomic E-state index is -0.795. The quantitative estimate of drug-likeness (QED) is 0.629. The molecule has 0 aliphatic rings. The van der Waals surface area contributed by atoms with Crippen LogP contribution in [0.15, 0.2) is 21.1 Å². The van der Waals surface area contributed by atoms with Crippen molar-refractivity contribution in [2.75, 3.05) is 18.5 Å². The smallest absolute Gasteiger partial charge is 0.144 e. The molecule has 1 rings (SSSR count). The zero-order valence-electron chi connectivity index (χ0n) is 7.74. The SMILES string of the molecule is OCC(O)CNc1cc(Br)c(O)c(Br)c1. The largest absolute Gasteiger partial charge is 0.506 e. The molecule has 0 aromatic heterocycles. The van der Waals surface area contributed by atoms with Crippen molar-refractivity contribution >= 4 is 37.5 Å². The lowest BCUT2D eigenvalue weighted by atomic mass is 10.3. The Morgan fingerprint density at radius 3 is 2.27 bits per heavy atom. The molecule has 0 saturated heterocycles. The fraction of sp³-hybridized carbons (Fsp3) is 0.333. The van der Waals surface area contributed by atoms with Gasteiger partial charge in [0.05, 0.1) is 21.7 Å². The summed E-state index contributed by atoms with van der Waals surface area (Å²) in [6, 6.07) is 3.37. The Balaban J connectivity index is 2.70. The van der Waals surface area contributed by atoms with E-state index in [4.69, 9.17) is 10.2 Å². The first-order chi connectivity index (χ1) is 7.04. The predicted molar refractivity (Wildman–Crippen MR) is 65.1 cm³/mol. The van der Waals surface area contributed by atoms with Gasteiger partial charge in [0.15, 0.2) is 0 Å². The number of nitrogens with one attached hydrogen (secondary N) is 1. The van der Waals surface area contributed by atoms with Crippen molar-refractivity contribution in [3.05, 3.63) is 21.1 Å². The van der Waals surface area contributed by atoms with E-state index in [0.29, 0.717) is 8.95 Å². The summed E-state index contributed by atoms with van der Waals surface area (Å²) < 4.78 is 1.11. The third-order valence-corrected chi connectivity index (χ3v) is 2.98. The molecule has 0 aliphatic heterocycles. The van der Waals surface area contributed by atoms with E-state index in [1.807, 2.05) is 0 Å². The van der Waals surface area contributed by atoms with Crippen molar-refractivity contribution in [2.24, 2.45) is 0 Å². The lowest BCUT2D eigenvalue weighted by Crippen LogP contribution is -2.22. The van der Waals surface area contributed by atoms with Crippen molar-refractivity contribution in [1.82, 2.24) is 0 Å². The molecule has 0 radical (unpaired) electrons. The molecule has 0 amide bonds. The molecular formula is C9H11Br2NO3. The number of aromatic hydroxyl groups is 1. The number of rotatable bonds is 4. The summed E-state index contributed by atoms with van der Waals surface area (Å²) in [5.74, 6) is 0.128. The Hall–Kier alpha value is -0.300. The number of hydrogen-bond acceptors (Lipinski definition) is 4. The molecular weight excluding hydrogens is 330 g/mol. The average Bonchev–Trinajstić information content (AvgIpc) is 2.22. The van der Waals surface area contributed by atoms with Gasteiger partial charge in [0.2, 0.25) is 0 Å². The standard InChI is InChI=1S/C9H11Br2NO3/c10-7-1-5(2-8(11)9(7)15)12-3-6(14)4-13/h1-2,6,12-15H,3-4H2. The number of phenolic OH excluding ortho intramolecular Hbond substituents is 1. The molecule has 0 heterocycles. The van der Waals surface area contributed by atoms with Gasteiger partial charge in [-0.1, -0.05) is 0 Å². The van der Waals surface area contributed by atoms with E-state index in [9.17, 15) is 5.11 Å².